The average molecular weight is 234 g/mol. The van der Waals surface area contributed by atoms with Crippen molar-refractivity contribution in [3.63, 3.8) is 0 Å². The van der Waals surface area contributed by atoms with Gasteiger partial charge in [0, 0.05) is 13.8 Å². The first-order valence-corrected chi connectivity index (χ1v) is 4.74. The van der Waals surface area contributed by atoms with E-state index in [0.29, 0.717) is 0 Å². The third kappa shape index (κ3) is 3.16. The summed E-state index contributed by atoms with van der Waals surface area (Å²) in [6, 6.07) is 0. The van der Waals surface area contributed by atoms with Crippen LogP contribution in [0.4, 0.5) is 0 Å². The van der Waals surface area contributed by atoms with Crippen LogP contribution >= 0.6 is 0 Å². The molecule has 1 fully saturated rings. The molecular formula is C9H14O7. The normalized spacial score (nSPS) is 34.2. The van der Waals surface area contributed by atoms with E-state index in [1.807, 2.05) is 0 Å². The summed E-state index contributed by atoms with van der Waals surface area (Å²) in [4.78, 5) is 21.6. The lowest BCUT2D eigenvalue weighted by atomic mass is 10.1. The second kappa shape index (κ2) is 5.24. The summed E-state index contributed by atoms with van der Waals surface area (Å²) >= 11 is 0. The van der Waals surface area contributed by atoms with E-state index in [4.69, 9.17) is 14.2 Å². The summed E-state index contributed by atoms with van der Waals surface area (Å²) in [5, 5.41) is 18.7. The first kappa shape index (κ1) is 12.9. The minimum absolute atomic E-state index is 0.143. The molecule has 7 heteroatoms. The molecule has 0 bridgehead atoms. The van der Waals surface area contributed by atoms with Crippen molar-refractivity contribution < 1.29 is 34.0 Å². The Morgan fingerprint density at radius 2 is 1.75 bits per heavy atom. The van der Waals surface area contributed by atoms with Gasteiger partial charge in [-0.15, -0.1) is 0 Å². The van der Waals surface area contributed by atoms with Gasteiger partial charge in [-0.05, 0) is 0 Å². The highest BCUT2D eigenvalue weighted by atomic mass is 16.7. The number of aliphatic hydroxyl groups is 2. The number of ether oxygens (including phenoxy) is 3. The van der Waals surface area contributed by atoms with Crippen LogP contribution in [0.2, 0.25) is 0 Å². The fourth-order valence-corrected chi connectivity index (χ4v) is 1.42. The van der Waals surface area contributed by atoms with Crippen LogP contribution in [-0.4, -0.2) is 53.4 Å². The Morgan fingerprint density at radius 3 is 2.25 bits per heavy atom. The van der Waals surface area contributed by atoms with Crippen molar-refractivity contribution in [3.8, 4) is 0 Å². The fraction of sp³-hybridized carbons (Fsp3) is 0.778. The molecule has 0 aromatic carbocycles. The SMILES string of the molecule is CC(=O)O[C@H]1[C@H](OC(C)=O)COC(O)[C@@H]1O. The van der Waals surface area contributed by atoms with Crippen LogP contribution in [0.3, 0.4) is 0 Å². The zero-order chi connectivity index (χ0) is 12.3. The van der Waals surface area contributed by atoms with Gasteiger partial charge in [0.1, 0.15) is 6.10 Å². The van der Waals surface area contributed by atoms with Crippen molar-refractivity contribution in [1.29, 1.82) is 0 Å². The second-order valence-electron chi connectivity index (χ2n) is 3.44. The molecule has 92 valence electrons. The van der Waals surface area contributed by atoms with Gasteiger partial charge in [0.05, 0.1) is 6.61 Å². The predicted molar refractivity (Wildman–Crippen MR) is 49.1 cm³/mol. The maximum atomic E-state index is 10.8. The lowest BCUT2D eigenvalue weighted by molar-refractivity contribution is -0.261. The standard InChI is InChI=1S/C9H14O7/c1-4(10)15-6-3-14-9(13)7(12)8(6)16-5(2)11/h6-9,12-13H,3H2,1-2H3/t6-,7-,8+,9?/m1/s1. The molecule has 0 aromatic rings. The molecule has 0 spiro atoms. The number of hydrogen-bond acceptors (Lipinski definition) is 7. The molecule has 0 amide bonds. The van der Waals surface area contributed by atoms with E-state index in [9.17, 15) is 19.8 Å². The Hall–Kier alpha value is -1.18. The fourth-order valence-electron chi connectivity index (χ4n) is 1.42. The molecule has 7 nitrogen and oxygen atoms in total. The Balaban J connectivity index is 2.72. The van der Waals surface area contributed by atoms with Crippen molar-refractivity contribution in [2.24, 2.45) is 0 Å². The van der Waals surface area contributed by atoms with Gasteiger partial charge in [-0.3, -0.25) is 9.59 Å². The maximum Gasteiger partial charge on any atom is 0.303 e. The van der Waals surface area contributed by atoms with Gasteiger partial charge in [0.15, 0.2) is 18.5 Å². The third-order valence-electron chi connectivity index (χ3n) is 2.05. The van der Waals surface area contributed by atoms with E-state index in [0.717, 1.165) is 6.92 Å². The number of aliphatic hydroxyl groups excluding tert-OH is 2. The van der Waals surface area contributed by atoms with Crippen molar-refractivity contribution in [2.45, 2.75) is 38.4 Å². The highest BCUT2D eigenvalue weighted by Gasteiger charge is 2.42. The largest absolute Gasteiger partial charge is 0.456 e. The minimum Gasteiger partial charge on any atom is -0.456 e. The van der Waals surface area contributed by atoms with Gasteiger partial charge in [-0.25, -0.2) is 0 Å². The predicted octanol–water partition coefficient (Wildman–Crippen LogP) is -1.44. The highest BCUT2D eigenvalue weighted by Crippen LogP contribution is 2.19. The smallest absolute Gasteiger partial charge is 0.303 e. The van der Waals surface area contributed by atoms with Gasteiger partial charge in [0.25, 0.3) is 0 Å². The second-order valence-corrected chi connectivity index (χ2v) is 3.44. The lowest BCUT2D eigenvalue weighted by Crippen LogP contribution is -2.55. The summed E-state index contributed by atoms with van der Waals surface area (Å²) in [5.41, 5.74) is 0. The van der Waals surface area contributed by atoms with Gasteiger partial charge in [-0.2, -0.15) is 0 Å². The average Bonchev–Trinajstić information content (AvgIpc) is 2.16. The van der Waals surface area contributed by atoms with Crippen LogP contribution in [0.15, 0.2) is 0 Å². The first-order valence-electron chi connectivity index (χ1n) is 4.74. The summed E-state index contributed by atoms with van der Waals surface area (Å²) in [6.07, 6.45) is -4.94. The van der Waals surface area contributed by atoms with Crippen molar-refractivity contribution >= 4 is 11.9 Å². The number of carbonyl (C=O) groups is 2. The summed E-state index contributed by atoms with van der Waals surface area (Å²) in [7, 11) is 0. The number of rotatable bonds is 2. The van der Waals surface area contributed by atoms with Crippen molar-refractivity contribution in [1.82, 2.24) is 0 Å². The lowest BCUT2D eigenvalue weighted by Gasteiger charge is -2.36. The quantitative estimate of drug-likeness (QED) is 0.564. The summed E-state index contributed by atoms with van der Waals surface area (Å²) < 4.78 is 14.3. The van der Waals surface area contributed by atoms with E-state index in [1.54, 1.807) is 0 Å². The van der Waals surface area contributed by atoms with Gasteiger partial charge < -0.3 is 24.4 Å². The zero-order valence-electron chi connectivity index (χ0n) is 8.95. The molecule has 0 radical (unpaired) electrons. The molecule has 4 atom stereocenters. The Kier molecular flexibility index (Phi) is 4.22. The summed E-state index contributed by atoms with van der Waals surface area (Å²) in [5.74, 6) is -1.23. The first-order chi connectivity index (χ1) is 7.41. The monoisotopic (exact) mass is 234 g/mol. The number of hydrogen-bond donors (Lipinski definition) is 2. The topological polar surface area (TPSA) is 102 Å². The van der Waals surface area contributed by atoms with Crippen LogP contribution in [0, 0.1) is 0 Å². The van der Waals surface area contributed by atoms with Gasteiger partial charge in [-0.1, -0.05) is 0 Å². The molecule has 16 heavy (non-hydrogen) atoms. The Labute approximate surface area is 91.9 Å². The molecule has 1 aliphatic rings. The molecule has 1 saturated heterocycles. The van der Waals surface area contributed by atoms with Crippen LogP contribution in [-0.2, 0) is 23.8 Å². The van der Waals surface area contributed by atoms with Gasteiger partial charge in [0.2, 0.25) is 0 Å². The Bertz CT molecular complexity index is 277. The summed E-state index contributed by atoms with van der Waals surface area (Å²) in [6.45, 7) is 2.19. The third-order valence-corrected chi connectivity index (χ3v) is 2.05. The van der Waals surface area contributed by atoms with Gasteiger partial charge >= 0.3 is 11.9 Å². The van der Waals surface area contributed by atoms with Crippen LogP contribution in [0.25, 0.3) is 0 Å². The van der Waals surface area contributed by atoms with E-state index < -0.39 is 36.5 Å². The van der Waals surface area contributed by atoms with Crippen LogP contribution in [0.5, 0.6) is 0 Å². The van der Waals surface area contributed by atoms with E-state index in [-0.39, 0.29) is 6.61 Å². The maximum absolute atomic E-state index is 10.8. The zero-order valence-corrected chi connectivity index (χ0v) is 8.95. The highest BCUT2D eigenvalue weighted by molar-refractivity contribution is 5.67. The molecule has 0 aromatic heterocycles. The molecule has 1 heterocycles. The minimum atomic E-state index is -1.46. The molecule has 1 aliphatic heterocycles. The number of carbonyl (C=O) groups excluding carboxylic acids is 2. The molecule has 0 saturated carbocycles. The Morgan fingerprint density at radius 1 is 1.19 bits per heavy atom. The van der Waals surface area contributed by atoms with E-state index >= 15 is 0 Å². The van der Waals surface area contributed by atoms with Crippen molar-refractivity contribution in [2.75, 3.05) is 6.61 Å². The molecule has 1 rings (SSSR count). The van der Waals surface area contributed by atoms with E-state index in [1.165, 1.54) is 6.92 Å². The van der Waals surface area contributed by atoms with Crippen molar-refractivity contribution in [3.05, 3.63) is 0 Å². The van der Waals surface area contributed by atoms with Crippen LogP contribution in [0.1, 0.15) is 13.8 Å². The number of esters is 2. The molecule has 0 aliphatic carbocycles. The molecule has 2 N–H and O–H groups in total. The molecular weight excluding hydrogens is 220 g/mol. The van der Waals surface area contributed by atoms with E-state index in [2.05, 4.69) is 0 Å². The molecule has 1 unspecified atom stereocenters. The van der Waals surface area contributed by atoms with Crippen LogP contribution < -0.4 is 0 Å².